The van der Waals surface area contributed by atoms with Gasteiger partial charge in [-0.25, -0.2) is 4.68 Å². The van der Waals surface area contributed by atoms with Crippen molar-refractivity contribution in [2.45, 2.75) is 12.1 Å². The van der Waals surface area contributed by atoms with Gasteiger partial charge in [0.2, 0.25) is 11.1 Å². The Balaban J connectivity index is 1.65. The Morgan fingerprint density at radius 1 is 1.38 bits per heavy atom. The number of thioether (sulfide) groups is 1. The van der Waals surface area contributed by atoms with Crippen molar-refractivity contribution >= 4 is 39.3 Å². The van der Waals surface area contributed by atoms with E-state index in [0.29, 0.717) is 22.4 Å². The van der Waals surface area contributed by atoms with Crippen LogP contribution in [0.3, 0.4) is 0 Å². The Labute approximate surface area is 150 Å². The number of hydrogen-bond acceptors (Lipinski definition) is 6. The fourth-order valence-corrected chi connectivity index (χ4v) is 3.10. The quantitative estimate of drug-likeness (QED) is 0.497. The maximum absolute atomic E-state index is 12.1. The maximum atomic E-state index is 12.1. The van der Waals surface area contributed by atoms with E-state index in [1.807, 2.05) is 31.2 Å². The third-order valence-corrected chi connectivity index (χ3v) is 4.88. The van der Waals surface area contributed by atoms with Crippen LogP contribution in [0.4, 0.5) is 5.69 Å². The van der Waals surface area contributed by atoms with Crippen LogP contribution in [0.2, 0.25) is 0 Å². The van der Waals surface area contributed by atoms with Crippen molar-refractivity contribution in [2.24, 2.45) is 0 Å². The number of nitrogens with zero attached hydrogens (tertiary/aromatic N) is 3. The van der Waals surface area contributed by atoms with Crippen molar-refractivity contribution in [1.82, 2.24) is 14.9 Å². The largest absolute Gasteiger partial charge is 0.469 e. The molecule has 124 valence electrons. The number of halogens is 1. The highest BCUT2D eigenvalue weighted by atomic mass is 79.9. The van der Waals surface area contributed by atoms with E-state index in [1.165, 1.54) is 16.4 Å². The summed E-state index contributed by atoms with van der Waals surface area (Å²) in [5.41, 5.74) is 1.49. The van der Waals surface area contributed by atoms with Crippen LogP contribution in [0, 0.1) is 6.92 Å². The van der Waals surface area contributed by atoms with Gasteiger partial charge in [0.05, 0.1) is 23.3 Å². The third kappa shape index (κ3) is 3.46. The number of carbonyl (C=O) groups excluding carboxylic acids is 1. The van der Waals surface area contributed by atoms with Crippen molar-refractivity contribution in [3.8, 4) is 11.4 Å². The van der Waals surface area contributed by atoms with Crippen LogP contribution < -0.4 is 11.2 Å². The minimum absolute atomic E-state index is 0.157. The van der Waals surface area contributed by atoms with E-state index in [-0.39, 0.29) is 11.7 Å². The molecule has 9 heteroatoms. The molecule has 0 bridgehead atoms. The topological polar surface area (TPSA) is 99.0 Å². The molecule has 1 aromatic carbocycles. The number of rotatable bonds is 5. The van der Waals surface area contributed by atoms with Gasteiger partial charge >= 0.3 is 0 Å². The first-order valence-electron chi connectivity index (χ1n) is 6.98. The molecule has 0 fully saturated rings. The third-order valence-electron chi connectivity index (χ3n) is 3.24. The number of aromatic nitrogens is 3. The normalized spacial score (nSPS) is 10.8. The molecule has 0 spiro atoms. The molecule has 3 N–H and O–H groups in total. The summed E-state index contributed by atoms with van der Waals surface area (Å²) in [4.78, 5) is 12.1. The number of amides is 1. The average molecular weight is 408 g/mol. The Morgan fingerprint density at radius 3 is 2.88 bits per heavy atom. The van der Waals surface area contributed by atoms with Gasteiger partial charge in [-0.05, 0) is 41.1 Å². The van der Waals surface area contributed by atoms with E-state index in [1.54, 1.807) is 12.3 Å². The predicted octanol–water partition coefficient (Wildman–Crippen LogP) is 3.05. The fourth-order valence-electron chi connectivity index (χ4n) is 2.06. The van der Waals surface area contributed by atoms with Crippen molar-refractivity contribution in [2.75, 3.05) is 16.9 Å². The zero-order valence-electron chi connectivity index (χ0n) is 12.7. The highest BCUT2D eigenvalue weighted by molar-refractivity contribution is 9.10. The number of furan rings is 1. The first-order valence-corrected chi connectivity index (χ1v) is 8.76. The van der Waals surface area contributed by atoms with E-state index < -0.39 is 0 Å². The highest BCUT2D eigenvalue weighted by Gasteiger charge is 2.16. The lowest BCUT2D eigenvalue weighted by Gasteiger charge is -2.07. The molecule has 7 nitrogen and oxygen atoms in total. The van der Waals surface area contributed by atoms with Crippen LogP contribution in [0.25, 0.3) is 11.4 Å². The SMILES string of the molecule is Cc1occc1-c1nnc(SCC(=O)Nc2ccccc2Br)n1N. The van der Waals surface area contributed by atoms with E-state index in [0.717, 1.165) is 10.0 Å². The molecular weight excluding hydrogens is 394 g/mol. The second-order valence-corrected chi connectivity index (χ2v) is 6.68. The van der Waals surface area contributed by atoms with Crippen LogP contribution in [0.15, 0.2) is 50.6 Å². The monoisotopic (exact) mass is 407 g/mol. The van der Waals surface area contributed by atoms with E-state index in [4.69, 9.17) is 10.3 Å². The molecule has 0 saturated carbocycles. The maximum Gasteiger partial charge on any atom is 0.234 e. The summed E-state index contributed by atoms with van der Waals surface area (Å²) in [6.07, 6.45) is 1.57. The zero-order chi connectivity index (χ0) is 17.1. The summed E-state index contributed by atoms with van der Waals surface area (Å²) in [6.45, 7) is 1.82. The van der Waals surface area contributed by atoms with Gasteiger partial charge in [-0.3, -0.25) is 4.79 Å². The minimum Gasteiger partial charge on any atom is -0.469 e. The second-order valence-electron chi connectivity index (χ2n) is 4.88. The van der Waals surface area contributed by atoms with E-state index >= 15 is 0 Å². The fraction of sp³-hybridized carbons (Fsp3) is 0.133. The molecular formula is C15H14BrN5O2S. The lowest BCUT2D eigenvalue weighted by Crippen LogP contribution is -2.16. The summed E-state index contributed by atoms with van der Waals surface area (Å²) in [5.74, 6) is 7.23. The lowest BCUT2D eigenvalue weighted by molar-refractivity contribution is -0.113. The van der Waals surface area contributed by atoms with Crippen molar-refractivity contribution < 1.29 is 9.21 Å². The molecule has 2 heterocycles. The first kappa shape index (κ1) is 16.6. The Hall–Kier alpha value is -2.26. The number of benzene rings is 1. The molecule has 0 aliphatic carbocycles. The second kappa shape index (κ2) is 7.10. The van der Waals surface area contributed by atoms with Crippen molar-refractivity contribution in [3.63, 3.8) is 0 Å². The highest BCUT2D eigenvalue weighted by Crippen LogP contribution is 2.25. The number of carbonyl (C=O) groups is 1. The lowest BCUT2D eigenvalue weighted by atomic mass is 10.2. The smallest absolute Gasteiger partial charge is 0.234 e. The minimum atomic E-state index is -0.157. The molecule has 0 aliphatic rings. The van der Waals surface area contributed by atoms with E-state index in [9.17, 15) is 4.79 Å². The van der Waals surface area contributed by atoms with Gasteiger partial charge in [0.15, 0.2) is 5.82 Å². The number of para-hydroxylation sites is 1. The number of aryl methyl sites for hydroxylation is 1. The molecule has 2 aromatic heterocycles. The van der Waals surface area contributed by atoms with Crippen LogP contribution in [-0.4, -0.2) is 26.5 Å². The molecule has 24 heavy (non-hydrogen) atoms. The number of nitrogens with one attached hydrogen (secondary N) is 1. The van der Waals surface area contributed by atoms with Gasteiger partial charge in [-0.15, -0.1) is 10.2 Å². The predicted molar refractivity (Wildman–Crippen MR) is 96.1 cm³/mol. The zero-order valence-corrected chi connectivity index (χ0v) is 15.1. The Kier molecular flexibility index (Phi) is 4.91. The van der Waals surface area contributed by atoms with Crippen LogP contribution in [0.5, 0.6) is 0 Å². The van der Waals surface area contributed by atoms with Gasteiger partial charge < -0.3 is 15.6 Å². The molecule has 0 atom stereocenters. The summed E-state index contributed by atoms with van der Waals surface area (Å²) < 4.78 is 7.42. The molecule has 0 saturated heterocycles. The van der Waals surface area contributed by atoms with Gasteiger partial charge in [0.25, 0.3) is 0 Å². The Morgan fingerprint density at radius 2 is 2.17 bits per heavy atom. The van der Waals surface area contributed by atoms with Crippen molar-refractivity contribution in [1.29, 1.82) is 0 Å². The average Bonchev–Trinajstić information content (AvgIpc) is 3.13. The standard InChI is InChI=1S/C15H14BrN5O2S/c1-9-10(6-7-23-9)14-19-20-15(21(14)17)24-8-13(22)18-12-5-3-2-4-11(12)16/h2-7H,8,17H2,1H3,(H,18,22). The van der Waals surface area contributed by atoms with Crippen LogP contribution in [-0.2, 0) is 4.79 Å². The van der Waals surface area contributed by atoms with Crippen LogP contribution in [0.1, 0.15) is 5.76 Å². The molecule has 0 radical (unpaired) electrons. The number of hydrogen-bond donors (Lipinski definition) is 2. The summed E-state index contributed by atoms with van der Waals surface area (Å²) >= 11 is 4.60. The number of nitrogen functional groups attached to an aromatic ring is 1. The molecule has 1 amide bonds. The van der Waals surface area contributed by atoms with Crippen LogP contribution >= 0.6 is 27.7 Å². The molecule has 0 unspecified atom stereocenters. The molecule has 3 rings (SSSR count). The summed E-state index contributed by atoms with van der Waals surface area (Å²) in [6, 6.07) is 9.18. The van der Waals surface area contributed by atoms with Gasteiger partial charge in [-0.1, -0.05) is 23.9 Å². The number of anilines is 1. The summed E-state index contributed by atoms with van der Waals surface area (Å²) in [7, 11) is 0. The Bertz CT molecular complexity index is 876. The molecule has 3 aromatic rings. The van der Waals surface area contributed by atoms with Gasteiger partial charge in [0, 0.05) is 4.47 Å². The van der Waals surface area contributed by atoms with Crippen molar-refractivity contribution in [3.05, 3.63) is 46.8 Å². The van der Waals surface area contributed by atoms with Gasteiger partial charge in [-0.2, -0.15) is 0 Å². The number of nitrogens with two attached hydrogens (primary N) is 1. The van der Waals surface area contributed by atoms with Gasteiger partial charge in [0.1, 0.15) is 5.76 Å². The van der Waals surface area contributed by atoms with E-state index in [2.05, 4.69) is 31.4 Å². The first-order chi connectivity index (χ1) is 11.6. The summed E-state index contributed by atoms with van der Waals surface area (Å²) in [5, 5.41) is 11.4. The molecule has 0 aliphatic heterocycles.